The minimum absolute atomic E-state index is 0. The van der Waals surface area contributed by atoms with Crippen molar-refractivity contribution < 1.29 is 99.6 Å². The number of carbonyl (C=O) groups is 8. The second-order valence-electron chi connectivity index (χ2n) is 22.8. The number of nitrogens with one attached hydrogen (secondary N) is 3. The number of ether oxygens (including phenoxy) is 5. The number of carboxylic acids is 1. The van der Waals surface area contributed by atoms with Crippen LogP contribution in [-0.4, -0.2) is 121 Å². The molecule has 7 rings (SSSR count). The van der Waals surface area contributed by atoms with E-state index in [1.807, 2.05) is 27.7 Å². The monoisotopic (exact) mass is 1330 g/mol. The Morgan fingerprint density at radius 3 is 1.82 bits per heavy atom. The number of allylic oxidation sites excluding steroid dienone is 1. The van der Waals surface area contributed by atoms with E-state index in [1.54, 1.807) is 73.7 Å². The number of amides is 2. The van der Waals surface area contributed by atoms with Crippen LogP contribution in [0.5, 0.6) is 5.75 Å². The van der Waals surface area contributed by atoms with Crippen molar-refractivity contribution >= 4 is 93.3 Å². The summed E-state index contributed by atoms with van der Waals surface area (Å²) in [6.45, 7) is 22.0. The molecule has 2 saturated carbocycles. The number of esters is 4. The summed E-state index contributed by atoms with van der Waals surface area (Å²) in [7, 11) is -3.67. The Balaban J connectivity index is 0.00000236. The molecule has 0 radical (unpaired) electrons. The second-order valence-corrected chi connectivity index (χ2v) is 25.7. The Labute approximate surface area is 541 Å². The average molecular weight is 1330 g/mol. The van der Waals surface area contributed by atoms with E-state index in [0.717, 1.165) is 49.6 Å². The number of aromatic nitrogens is 1. The van der Waals surface area contributed by atoms with Gasteiger partial charge in [-0.15, -0.1) is 11.8 Å². The summed E-state index contributed by atoms with van der Waals surface area (Å²) < 4.78 is 54.3. The van der Waals surface area contributed by atoms with Crippen molar-refractivity contribution in [3.63, 3.8) is 0 Å². The van der Waals surface area contributed by atoms with Crippen LogP contribution in [0.25, 0.3) is 22.8 Å². The van der Waals surface area contributed by atoms with E-state index in [-0.39, 0.29) is 119 Å². The van der Waals surface area contributed by atoms with Gasteiger partial charge in [0.1, 0.15) is 42.1 Å². The van der Waals surface area contributed by atoms with E-state index in [9.17, 15) is 42.3 Å². The molecule has 25 heteroatoms. The van der Waals surface area contributed by atoms with E-state index in [4.69, 9.17) is 38.2 Å². The van der Waals surface area contributed by atoms with Crippen molar-refractivity contribution in [1.29, 1.82) is 0 Å². The normalized spacial score (nSPS) is 21.8. The number of thioether (sulfide) groups is 1. The summed E-state index contributed by atoms with van der Waals surface area (Å²) in [5.74, 6) is -5.31. The summed E-state index contributed by atoms with van der Waals surface area (Å²) in [5.41, 5.74) is 1.43. The van der Waals surface area contributed by atoms with Crippen LogP contribution in [0, 0.1) is 35.5 Å². The van der Waals surface area contributed by atoms with Crippen LogP contribution < -0.4 is 25.7 Å². The Morgan fingerprint density at radius 2 is 1.30 bits per heavy atom. The number of aromatic carboxylic acids is 1. The minimum Gasteiger partial charge on any atom is -0.478 e. The van der Waals surface area contributed by atoms with Crippen LogP contribution >= 0.6 is 11.8 Å². The molecule has 478 valence electrons. The first-order chi connectivity index (χ1) is 42.1. The fourth-order valence-electron chi connectivity index (χ4n) is 11.5. The molecule has 90 heavy (non-hydrogen) atoms. The second kappa shape index (κ2) is 33.3. The molecule has 3 aromatic carbocycles. The Kier molecular flexibility index (Phi) is 27.0. The predicted molar refractivity (Wildman–Crippen MR) is 335 cm³/mol. The maximum Gasteiger partial charge on any atom is 0.342 e. The van der Waals surface area contributed by atoms with Gasteiger partial charge in [0.25, 0.3) is 16.6 Å². The number of hydrogen-bond donors (Lipinski definition) is 5. The molecule has 0 spiro atoms. The maximum atomic E-state index is 15.2. The van der Waals surface area contributed by atoms with E-state index in [2.05, 4.69) is 43.0 Å². The first-order valence-electron chi connectivity index (χ1n) is 28.9. The summed E-state index contributed by atoms with van der Waals surface area (Å²) in [4.78, 5) is 117. The predicted octanol–water partition coefficient (Wildman–Crippen LogP) is 9.13. The maximum absolute atomic E-state index is 15.2. The van der Waals surface area contributed by atoms with Crippen molar-refractivity contribution in [2.24, 2.45) is 40.5 Å². The zero-order valence-corrected chi connectivity index (χ0v) is 56.4. The number of carbonyl (C=O) groups excluding carboxylic acids is 7. The van der Waals surface area contributed by atoms with Crippen molar-refractivity contribution in [1.82, 2.24) is 15.6 Å². The number of anilines is 1. The molecular weight excluding hydrogens is 1250 g/mol. The van der Waals surface area contributed by atoms with Gasteiger partial charge in [0, 0.05) is 48.6 Å². The standard InChI is InChI=1S/C64H73N5O14S.CH4O3S.Zn/c1-11-50(71)79-32-46(81-51(72)12-2)31-65-40(9)60(73)68-58-54(63(77)82-56-36(5)23-34(3)24-37(56)6)52(42-19-15-13-16-20-42)48(66-58)30-49-53(43-21-17-14-18-22-43)55(64(78)83-57-38(7)25-35(4)26-39(57)8)59(67-49)69-61(74)41(10)84-47-28-44(62(75)76)27-45(29-47)80-33-70;1-5(2,3)4;/h11-22,27-30,33-41,46,56-57,65H,1-2,23-26,31-32H2,3-10H3,(H4,66,67,68,69,73,74,75,76,77,78);1H3,(H,2,3,4);/p-1. The van der Waals surface area contributed by atoms with Gasteiger partial charge in [-0.25, -0.2) is 29.0 Å². The van der Waals surface area contributed by atoms with Crippen molar-refractivity contribution in [3.05, 3.63) is 138 Å². The number of nitrogens with zero attached hydrogens (tertiary/aromatic N) is 2. The van der Waals surface area contributed by atoms with Gasteiger partial charge >= 0.3 is 29.8 Å². The van der Waals surface area contributed by atoms with Crippen LogP contribution in [0.2, 0.25) is 0 Å². The summed E-state index contributed by atoms with van der Waals surface area (Å²) in [6, 6.07) is 20.7. The van der Waals surface area contributed by atoms with Gasteiger partial charge in [-0.2, -0.15) is 8.42 Å². The molecular formula is C65H76N5O17S2Zn-. The average Bonchev–Trinajstić information content (AvgIpc) is 1.62. The molecule has 2 aliphatic carbocycles. The minimum atomic E-state index is -3.67. The number of carboxylic acid groups (broad SMARTS) is 1. The third kappa shape index (κ3) is 20.3. The molecule has 1 aromatic heterocycles. The van der Waals surface area contributed by atoms with Crippen molar-refractivity contribution in [2.75, 3.05) is 24.7 Å². The van der Waals surface area contributed by atoms with Gasteiger partial charge in [0.15, 0.2) is 5.91 Å². The molecule has 2 fully saturated rings. The number of amidine groups is 1. The number of hydrogen-bond acceptors (Lipinski definition) is 18. The molecule has 2 amide bonds. The third-order valence-electron chi connectivity index (χ3n) is 15.1. The zero-order chi connectivity index (χ0) is 65.4. The molecule has 4 aromatic rings. The number of aliphatic imine (C=N–C) groups is 1. The summed E-state index contributed by atoms with van der Waals surface area (Å²) in [6.07, 6.45) is 5.39. The van der Waals surface area contributed by atoms with Gasteiger partial charge in [-0.1, -0.05) is 115 Å². The quantitative estimate of drug-likeness (QED) is 0.00878. The Hall–Kier alpha value is -7.83. The molecule has 5 N–H and O–H groups in total. The molecule has 7 unspecified atom stereocenters. The van der Waals surface area contributed by atoms with E-state index < -0.39 is 81.4 Å². The third-order valence-corrected chi connectivity index (χ3v) is 16.2. The Morgan fingerprint density at radius 1 is 0.767 bits per heavy atom. The van der Waals surface area contributed by atoms with E-state index >= 15 is 9.59 Å². The van der Waals surface area contributed by atoms with Crippen LogP contribution in [0.4, 0.5) is 5.82 Å². The van der Waals surface area contributed by atoms with E-state index in [1.165, 1.54) is 25.1 Å². The zero-order valence-electron chi connectivity index (χ0n) is 51.8. The van der Waals surface area contributed by atoms with Crippen LogP contribution in [-0.2, 0) is 77.3 Å². The van der Waals surface area contributed by atoms with E-state index in [0.29, 0.717) is 34.1 Å². The molecule has 22 nitrogen and oxygen atoms in total. The first-order valence-corrected chi connectivity index (χ1v) is 31.7. The topological polar surface area (TPSA) is 320 Å². The van der Waals surface area contributed by atoms with Gasteiger partial charge < -0.3 is 49.7 Å². The van der Waals surface area contributed by atoms with Gasteiger partial charge in [-0.3, -0.25) is 18.9 Å². The Bertz CT molecular complexity index is 3480. The van der Waals surface area contributed by atoms with Gasteiger partial charge in [-0.05, 0) is 128 Å². The van der Waals surface area contributed by atoms with Crippen LogP contribution in [0.3, 0.4) is 0 Å². The molecule has 0 bridgehead atoms. The summed E-state index contributed by atoms with van der Waals surface area (Å²) in [5, 5.41) is 17.6. The number of benzene rings is 3. The number of rotatable bonds is 23. The van der Waals surface area contributed by atoms with Crippen molar-refractivity contribution in [3.8, 4) is 16.9 Å². The van der Waals surface area contributed by atoms with Gasteiger partial charge in [0.05, 0.1) is 34.4 Å². The summed E-state index contributed by atoms with van der Waals surface area (Å²) >= 11 is 0.973. The smallest absolute Gasteiger partial charge is 0.342 e. The fourth-order valence-corrected chi connectivity index (χ4v) is 12.4. The molecule has 3 aliphatic rings. The largest absolute Gasteiger partial charge is 0.478 e. The molecule has 7 atom stereocenters. The van der Waals surface area contributed by atoms with Crippen LogP contribution in [0.15, 0.2) is 125 Å². The first kappa shape index (κ1) is 72.9. The molecule has 1 aliphatic heterocycles. The van der Waals surface area contributed by atoms with Crippen molar-refractivity contribution in [2.45, 2.75) is 116 Å². The fraction of sp³-hybridized carbons (Fsp3) is 0.400. The van der Waals surface area contributed by atoms with Crippen LogP contribution in [0.1, 0.15) is 113 Å². The van der Waals surface area contributed by atoms with Gasteiger partial charge in [0.2, 0.25) is 5.91 Å². The molecule has 2 heterocycles. The molecule has 0 saturated heterocycles. The SMILES string of the molecule is C=CC(=O)OCC(CNC(C)C(=O)NC1=N/C(=C\c2[n-]c(NC(=O)C(C)Sc3cc(OC=O)cc(C(=O)O)c3)c(C(=O)OC3C(C)CC(C)CC3C)c2-c2ccccc2)C(c2ccccc2)=C1C(=O)OC1C(C)CC(C)CC1C)OC(=O)C=C.CS(=O)(=O)O.[Zn].